The molecule has 0 spiro atoms. The lowest BCUT2D eigenvalue weighted by Crippen LogP contribution is -2.41. The average Bonchev–Trinajstić information content (AvgIpc) is 2.49. The van der Waals surface area contributed by atoms with Gasteiger partial charge in [-0.25, -0.2) is 4.79 Å². The van der Waals surface area contributed by atoms with Crippen molar-refractivity contribution in [1.29, 1.82) is 0 Å². The van der Waals surface area contributed by atoms with E-state index in [4.69, 9.17) is 5.73 Å². The van der Waals surface area contributed by atoms with Gasteiger partial charge in [-0.2, -0.15) is 0 Å². The minimum Gasteiger partial charge on any atom is -0.351 e. The van der Waals surface area contributed by atoms with Gasteiger partial charge in [0, 0.05) is 0 Å². The third kappa shape index (κ3) is 4.43. The van der Waals surface area contributed by atoms with Crippen LogP contribution in [0.25, 0.3) is 0 Å². The summed E-state index contributed by atoms with van der Waals surface area (Å²) in [5, 5.41) is 5.20. The molecule has 0 aliphatic heterocycles. The van der Waals surface area contributed by atoms with E-state index in [1.807, 2.05) is 66.8 Å². The summed E-state index contributed by atoms with van der Waals surface area (Å²) in [6.07, 6.45) is 0. The number of hydrogen-bond acceptors (Lipinski definition) is 3. The van der Waals surface area contributed by atoms with Crippen molar-refractivity contribution in [3.8, 4) is 0 Å². The average molecular weight is 297 g/mol. The van der Waals surface area contributed by atoms with Crippen LogP contribution in [0.15, 0.2) is 54.6 Å². The number of rotatable bonds is 5. The summed E-state index contributed by atoms with van der Waals surface area (Å²) in [5.41, 5.74) is 8.19. The largest absolute Gasteiger partial charge is 0.351 e. The summed E-state index contributed by atoms with van der Waals surface area (Å²) in [4.78, 5) is 22.3. The number of carbonyl (C=O) groups is 2. The molecule has 5 nitrogen and oxygen atoms in total. The maximum atomic E-state index is 11.6. The highest BCUT2D eigenvalue weighted by atomic mass is 16.2. The molecule has 2 aromatic rings. The van der Waals surface area contributed by atoms with Gasteiger partial charge < -0.3 is 5.73 Å². The van der Waals surface area contributed by atoms with Crippen molar-refractivity contribution in [3.63, 3.8) is 0 Å². The van der Waals surface area contributed by atoms with E-state index >= 15 is 0 Å². The van der Waals surface area contributed by atoms with Gasteiger partial charge in [0.15, 0.2) is 0 Å². The van der Waals surface area contributed by atoms with E-state index in [9.17, 15) is 9.59 Å². The molecule has 22 heavy (non-hydrogen) atoms. The first-order valence-electron chi connectivity index (χ1n) is 7.00. The number of aryl methyl sites for hydroxylation is 1. The maximum absolute atomic E-state index is 11.6. The summed E-state index contributed by atoms with van der Waals surface area (Å²) in [5.74, 6) is -0.458. The molecule has 0 fully saturated rings. The zero-order valence-electron chi connectivity index (χ0n) is 12.4. The monoisotopic (exact) mass is 297 g/mol. The van der Waals surface area contributed by atoms with Crippen molar-refractivity contribution in [3.05, 3.63) is 71.3 Å². The first-order chi connectivity index (χ1) is 10.6. The maximum Gasteiger partial charge on any atom is 0.318 e. The number of nitrogens with one attached hydrogen (secondary N) is 2. The van der Waals surface area contributed by atoms with Crippen LogP contribution in [0.4, 0.5) is 4.79 Å². The van der Waals surface area contributed by atoms with E-state index in [2.05, 4.69) is 5.32 Å². The van der Waals surface area contributed by atoms with Crippen LogP contribution in [0, 0.1) is 6.92 Å². The lowest BCUT2D eigenvalue weighted by Gasteiger charge is -2.19. The first kappa shape index (κ1) is 15.7. The Labute approximate surface area is 129 Å². The number of primary amides is 1. The minimum atomic E-state index is -0.849. The quantitative estimate of drug-likeness (QED) is 0.787. The van der Waals surface area contributed by atoms with Crippen molar-refractivity contribution >= 4 is 11.9 Å². The predicted molar refractivity (Wildman–Crippen MR) is 85.2 cm³/mol. The van der Waals surface area contributed by atoms with Crippen molar-refractivity contribution in [2.24, 2.45) is 5.73 Å². The Balaban J connectivity index is 2.17. The van der Waals surface area contributed by atoms with E-state index < -0.39 is 11.9 Å². The summed E-state index contributed by atoms with van der Waals surface area (Å²) in [6.45, 7) is 2.02. The Morgan fingerprint density at radius 1 is 1.00 bits per heavy atom. The molecule has 0 saturated heterocycles. The second-order valence-corrected chi connectivity index (χ2v) is 5.05. The number of carbonyl (C=O) groups excluding carboxylic acids is 2. The van der Waals surface area contributed by atoms with Crippen LogP contribution in [0.2, 0.25) is 0 Å². The smallest absolute Gasteiger partial charge is 0.318 e. The van der Waals surface area contributed by atoms with Crippen LogP contribution in [0.1, 0.15) is 22.7 Å². The highest BCUT2D eigenvalue weighted by molar-refractivity contribution is 5.94. The highest BCUT2D eigenvalue weighted by Gasteiger charge is 2.15. The van der Waals surface area contributed by atoms with E-state index in [1.165, 1.54) is 5.56 Å². The van der Waals surface area contributed by atoms with Gasteiger partial charge in [-0.3, -0.25) is 15.4 Å². The van der Waals surface area contributed by atoms with Gasteiger partial charge in [-0.05, 0) is 18.1 Å². The molecule has 4 N–H and O–H groups in total. The van der Waals surface area contributed by atoms with Gasteiger partial charge in [-0.15, -0.1) is 0 Å². The molecular weight excluding hydrogens is 278 g/mol. The Bertz CT molecular complexity index is 639. The molecule has 5 heteroatoms. The Hall–Kier alpha value is -2.66. The third-order valence-electron chi connectivity index (χ3n) is 3.27. The van der Waals surface area contributed by atoms with Crippen LogP contribution >= 0.6 is 0 Å². The van der Waals surface area contributed by atoms with Crippen LogP contribution in [0.5, 0.6) is 0 Å². The third-order valence-corrected chi connectivity index (χ3v) is 3.27. The molecule has 0 radical (unpaired) electrons. The zero-order valence-corrected chi connectivity index (χ0v) is 12.4. The summed E-state index contributed by atoms with van der Waals surface area (Å²) in [7, 11) is 0. The van der Waals surface area contributed by atoms with Crippen molar-refractivity contribution in [1.82, 2.24) is 10.6 Å². The molecular formula is C17H19N3O2. The van der Waals surface area contributed by atoms with Gasteiger partial charge >= 0.3 is 6.03 Å². The molecule has 2 rings (SSSR count). The molecule has 0 aromatic heterocycles. The molecule has 0 aliphatic rings. The second-order valence-electron chi connectivity index (χ2n) is 5.05. The molecule has 0 bridgehead atoms. The lowest BCUT2D eigenvalue weighted by atomic mass is 9.98. The van der Waals surface area contributed by atoms with Crippen molar-refractivity contribution in [2.45, 2.75) is 13.0 Å². The first-order valence-corrected chi connectivity index (χ1v) is 7.00. The fourth-order valence-corrected chi connectivity index (χ4v) is 2.21. The molecule has 1 atom stereocenters. The fraction of sp³-hybridized carbons (Fsp3) is 0.176. The van der Waals surface area contributed by atoms with Crippen LogP contribution in [-0.2, 0) is 4.79 Å². The fourth-order valence-electron chi connectivity index (χ4n) is 2.21. The zero-order chi connectivity index (χ0) is 15.9. The molecule has 0 unspecified atom stereocenters. The number of nitrogens with two attached hydrogens (primary N) is 1. The Morgan fingerprint density at radius 3 is 2.18 bits per heavy atom. The van der Waals surface area contributed by atoms with Gasteiger partial charge in [0.25, 0.3) is 0 Å². The van der Waals surface area contributed by atoms with E-state index in [0.29, 0.717) is 0 Å². The van der Waals surface area contributed by atoms with Crippen LogP contribution < -0.4 is 16.4 Å². The van der Waals surface area contributed by atoms with Crippen molar-refractivity contribution in [2.75, 3.05) is 6.54 Å². The molecule has 0 heterocycles. The van der Waals surface area contributed by atoms with E-state index in [-0.39, 0.29) is 12.6 Å². The second kappa shape index (κ2) is 7.38. The van der Waals surface area contributed by atoms with Gasteiger partial charge in [0.1, 0.15) is 0 Å². The number of amides is 3. The SMILES string of the molecule is Cc1ccc([C@@H](NCC(=O)NC(N)=O)c2ccccc2)cc1. The van der Waals surface area contributed by atoms with Crippen molar-refractivity contribution < 1.29 is 9.59 Å². The molecule has 0 saturated carbocycles. The van der Waals surface area contributed by atoms with Gasteiger partial charge in [0.2, 0.25) is 5.91 Å². The molecule has 0 aliphatic carbocycles. The van der Waals surface area contributed by atoms with E-state index in [0.717, 1.165) is 11.1 Å². The van der Waals surface area contributed by atoms with Gasteiger partial charge in [-0.1, -0.05) is 60.2 Å². The van der Waals surface area contributed by atoms with Gasteiger partial charge in [0.05, 0.1) is 12.6 Å². The summed E-state index contributed by atoms with van der Waals surface area (Å²) >= 11 is 0. The molecule has 114 valence electrons. The highest BCUT2D eigenvalue weighted by Crippen LogP contribution is 2.22. The van der Waals surface area contributed by atoms with Crippen LogP contribution in [0.3, 0.4) is 0 Å². The minimum absolute atomic E-state index is 0.00359. The van der Waals surface area contributed by atoms with E-state index in [1.54, 1.807) is 0 Å². The summed E-state index contributed by atoms with van der Waals surface area (Å²) < 4.78 is 0. The summed E-state index contributed by atoms with van der Waals surface area (Å²) in [6, 6.07) is 16.9. The Kier molecular flexibility index (Phi) is 5.27. The topological polar surface area (TPSA) is 84.2 Å². The number of imide groups is 1. The predicted octanol–water partition coefficient (Wildman–Crippen LogP) is 1.87. The Morgan fingerprint density at radius 2 is 1.59 bits per heavy atom. The number of benzene rings is 2. The molecule has 3 amide bonds. The molecule has 2 aromatic carbocycles. The number of hydrogen-bond donors (Lipinski definition) is 3. The lowest BCUT2D eigenvalue weighted by molar-refractivity contribution is -0.119. The van der Waals surface area contributed by atoms with Crippen LogP contribution in [-0.4, -0.2) is 18.5 Å². The standard InChI is InChI=1S/C17H19N3O2/c1-12-7-9-14(10-8-12)16(13-5-3-2-4-6-13)19-11-15(21)20-17(18)22/h2-10,16,19H,11H2,1H3,(H3,18,20,21,22)/t16-/m0/s1. The number of urea groups is 1. The normalized spacial score (nSPS) is 11.7.